The van der Waals surface area contributed by atoms with Gasteiger partial charge in [-0.1, -0.05) is 17.7 Å². The van der Waals surface area contributed by atoms with Crippen LogP contribution in [0.4, 0.5) is 0 Å². The highest BCUT2D eigenvalue weighted by Gasteiger charge is 2.12. The van der Waals surface area contributed by atoms with Crippen LogP contribution in [0.25, 0.3) is 11.0 Å². The molecule has 0 aliphatic carbocycles. The van der Waals surface area contributed by atoms with E-state index in [-0.39, 0.29) is 5.91 Å². The number of nitrogens with zero attached hydrogens (tertiary/aromatic N) is 2. The molecule has 0 bridgehead atoms. The van der Waals surface area contributed by atoms with Gasteiger partial charge in [-0.25, -0.2) is 4.98 Å². The third-order valence-electron chi connectivity index (χ3n) is 2.84. The monoisotopic (exact) mass is 299 g/mol. The van der Waals surface area contributed by atoms with Gasteiger partial charge in [-0.3, -0.25) is 4.79 Å². The van der Waals surface area contributed by atoms with E-state index in [9.17, 15) is 4.79 Å². The molecule has 0 aliphatic heterocycles. The molecule has 0 spiro atoms. The van der Waals surface area contributed by atoms with E-state index in [0.29, 0.717) is 30.4 Å². The summed E-state index contributed by atoms with van der Waals surface area (Å²) in [5, 5.41) is 3.41. The summed E-state index contributed by atoms with van der Waals surface area (Å²) in [7, 11) is 0. The van der Waals surface area contributed by atoms with E-state index in [1.807, 2.05) is 18.2 Å². The van der Waals surface area contributed by atoms with Gasteiger partial charge in [0.15, 0.2) is 0 Å². The second-order valence-corrected chi connectivity index (χ2v) is 4.99. The number of carbonyl (C=O) groups is 1. The van der Waals surface area contributed by atoms with Crippen molar-refractivity contribution in [1.82, 2.24) is 14.9 Å². The lowest BCUT2D eigenvalue weighted by atomic mass is 10.3. The van der Waals surface area contributed by atoms with E-state index in [4.69, 9.17) is 23.2 Å². The summed E-state index contributed by atoms with van der Waals surface area (Å²) in [6.07, 6.45) is 0.673. The van der Waals surface area contributed by atoms with Crippen molar-refractivity contribution in [2.45, 2.75) is 19.9 Å². The highest BCUT2D eigenvalue weighted by atomic mass is 35.5. The van der Waals surface area contributed by atoms with Crippen molar-refractivity contribution < 1.29 is 4.79 Å². The Balaban J connectivity index is 2.35. The van der Waals surface area contributed by atoms with Crippen molar-refractivity contribution in [3.63, 3.8) is 0 Å². The quantitative estimate of drug-likeness (QED) is 0.863. The van der Waals surface area contributed by atoms with Crippen molar-refractivity contribution in [2.75, 3.05) is 12.4 Å². The van der Waals surface area contributed by atoms with Crippen LogP contribution in [0.1, 0.15) is 12.7 Å². The summed E-state index contributed by atoms with van der Waals surface area (Å²) >= 11 is 12.0. The van der Waals surface area contributed by atoms with Crippen LogP contribution < -0.4 is 5.32 Å². The van der Waals surface area contributed by atoms with Crippen LogP contribution >= 0.6 is 23.2 Å². The fraction of sp³-hybridized carbons (Fsp3) is 0.385. The number of halogens is 2. The molecular formula is C13H15Cl2N3O. The molecule has 1 heterocycles. The molecule has 0 unspecified atom stereocenters. The van der Waals surface area contributed by atoms with Crippen LogP contribution in [0.15, 0.2) is 18.2 Å². The maximum absolute atomic E-state index is 10.9. The number of imidazole rings is 1. The van der Waals surface area contributed by atoms with Gasteiger partial charge in [0.25, 0.3) is 0 Å². The van der Waals surface area contributed by atoms with Gasteiger partial charge < -0.3 is 9.88 Å². The first-order valence-electron chi connectivity index (χ1n) is 6.07. The average Bonchev–Trinajstić information content (AvgIpc) is 2.70. The smallest absolute Gasteiger partial charge is 0.216 e. The second kappa shape index (κ2) is 6.26. The molecule has 19 heavy (non-hydrogen) atoms. The molecule has 1 amide bonds. The third kappa shape index (κ3) is 3.19. The van der Waals surface area contributed by atoms with Crippen molar-refractivity contribution in [3.8, 4) is 0 Å². The van der Waals surface area contributed by atoms with E-state index >= 15 is 0 Å². The third-order valence-corrected chi connectivity index (χ3v) is 3.33. The van der Waals surface area contributed by atoms with Gasteiger partial charge in [0.2, 0.25) is 5.91 Å². The molecule has 102 valence electrons. The normalized spacial score (nSPS) is 10.9. The topological polar surface area (TPSA) is 46.9 Å². The summed E-state index contributed by atoms with van der Waals surface area (Å²) in [5.41, 5.74) is 1.75. The molecule has 0 fully saturated rings. The molecule has 2 aromatic rings. The van der Waals surface area contributed by atoms with E-state index in [0.717, 1.165) is 16.9 Å². The van der Waals surface area contributed by atoms with Crippen LogP contribution in [-0.4, -0.2) is 27.9 Å². The molecule has 0 aliphatic rings. The van der Waals surface area contributed by atoms with Crippen molar-refractivity contribution in [3.05, 3.63) is 29.0 Å². The lowest BCUT2D eigenvalue weighted by molar-refractivity contribution is -0.118. The fourth-order valence-electron chi connectivity index (χ4n) is 2.03. The van der Waals surface area contributed by atoms with Crippen LogP contribution in [0, 0.1) is 0 Å². The first-order chi connectivity index (χ1) is 9.13. The number of para-hydroxylation sites is 1. The Morgan fingerprint density at radius 3 is 2.95 bits per heavy atom. The number of aryl methyl sites for hydroxylation is 1. The Hall–Kier alpha value is -1.26. The molecule has 1 N–H and O–H groups in total. The summed E-state index contributed by atoms with van der Waals surface area (Å²) in [6.45, 7) is 2.72. The number of amides is 1. The molecule has 0 saturated carbocycles. The summed E-state index contributed by atoms with van der Waals surface area (Å²) in [5.74, 6) is 1.35. The number of fused-ring (bicyclic) bond motifs is 1. The summed E-state index contributed by atoms with van der Waals surface area (Å²) < 4.78 is 2.06. The van der Waals surface area contributed by atoms with Crippen molar-refractivity contribution in [1.29, 1.82) is 0 Å². The second-order valence-electron chi connectivity index (χ2n) is 4.21. The number of hydrogen-bond donors (Lipinski definition) is 1. The van der Waals surface area contributed by atoms with Gasteiger partial charge in [0, 0.05) is 32.3 Å². The number of carbonyl (C=O) groups excluding carboxylic acids is 1. The maximum atomic E-state index is 10.9. The number of alkyl halides is 1. The predicted molar refractivity (Wildman–Crippen MR) is 77.9 cm³/mol. The van der Waals surface area contributed by atoms with E-state index < -0.39 is 0 Å². The molecule has 1 aromatic carbocycles. The zero-order valence-electron chi connectivity index (χ0n) is 10.6. The Labute approximate surface area is 121 Å². The Morgan fingerprint density at radius 1 is 1.47 bits per heavy atom. The highest BCUT2D eigenvalue weighted by Crippen LogP contribution is 2.24. The molecule has 0 atom stereocenters. The molecule has 1 aromatic heterocycles. The van der Waals surface area contributed by atoms with E-state index in [1.54, 1.807) is 0 Å². The molecule has 2 rings (SSSR count). The summed E-state index contributed by atoms with van der Waals surface area (Å²) in [4.78, 5) is 15.5. The summed E-state index contributed by atoms with van der Waals surface area (Å²) in [6, 6.07) is 5.69. The molecule has 0 saturated heterocycles. The molecule has 6 heteroatoms. The zero-order chi connectivity index (χ0) is 13.8. The zero-order valence-corrected chi connectivity index (χ0v) is 12.1. The average molecular weight is 300 g/mol. The van der Waals surface area contributed by atoms with Crippen LogP contribution in [0.3, 0.4) is 0 Å². The van der Waals surface area contributed by atoms with E-state index in [1.165, 1.54) is 6.92 Å². The van der Waals surface area contributed by atoms with Gasteiger partial charge in [-0.2, -0.15) is 0 Å². The first kappa shape index (κ1) is 14.2. The number of aromatic nitrogens is 2. The highest BCUT2D eigenvalue weighted by molar-refractivity contribution is 6.34. The van der Waals surface area contributed by atoms with Crippen LogP contribution in [0.2, 0.25) is 5.02 Å². The molecule has 4 nitrogen and oxygen atoms in total. The lowest BCUT2D eigenvalue weighted by Gasteiger charge is -2.08. The van der Waals surface area contributed by atoms with Gasteiger partial charge in [-0.05, 0) is 12.1 Å². The Kier molecular flexibility index (Phi) is 4.66. The number of benzene rings is 1. The minimum atomic E-state index is -0.0404. The van der Waals surface area contributed by atoms with Gasteiger partial charge in [-0.15, -0.1) is 11.6 Å². The van der Waals surface area contributed by atoms with Gasteiger partial charge in [0.05, 0.1) is 10.5 Å². The van der Waals surface area contributed by atoms with Crippen LogP contribution in [0.5, 0.6) is 0 Å². The van der Waals surface area contributed by atoms with Crippen molar-refractivity contribution >= 4 is 40.1 Å². The Morgan fingerprint density at radius 2 is 2.26 bits per heavy atom. The predicted octanol–water partition coefficient (Wildman–Crippen LogP) is 2.61. The molecular weight excluding hydrogens is 285 g/mol. The molecule has 0 radical (unpaired) electrons. The minimum absolute atomic E-state index is 0.0404. The standard InChI is InChI=1S/C13H15Cl2N3O/c1-9(19)16-7-8-18-11-4-2-3-10(15)13(11)17-12(18)5-6-14/h2-4H,5-8H2,1H3,(H,16,19). The number of rotatable bonds is 5. The Bertz CT molecular complexity index is 595. The van der Waals surface area contributed by atoms with Crippen molar-refractivity contribution in [2.24, 2.45) is 0 Å². The largest absolute Gasteiger partial charge is 0.355 e. The van der Waals surface area contributed by atoms with E-state index in [2.05, 4.69) is 14.9 Å². The minimum Gasteiger partial charge on any atom is -0.355 e. The van der Waals surface area contributed by atoms with Gasteiger partial charge >= 0.3 is 0 Å². The maximum Gasteiger partial charge on any atom is 0.216 e. The lowest BCUT2D eigenvalue weighted by Crippen LogP contribution is -2.25. The SMILES string of the molecule is CC(=O)NCCn1c(CCCl)nc2c(Cl)cccc21. The first-order valence-corrected chi connectivity index (χ1v) is 6.98. The number of nitrogens with one attached hydrogen (secondary N) is 1. The van der Waals surface area contributed by atoms with Gasteiger partial charge in [0.1, 0.15) is 11.3 Å². The fourth-order valence-corrected chi connectivity index (χ4v) is 2.41. The number of hydrogen-bond acceptors (Lipinski definition) is 2. The van der Waals surface area contributed by atoms with Crippen LogP contribution in [-0.2, 0) is 17.8 Å².